The molecule has 42 heavy (non-hydrogen) atoms. The molecule has 0 bridgehead atoms. The fraction of sp³-hybridized carbons (Fsp3) is 0.419. The molecule has 1 saturated carbocycles. The first-order chi connectivity index (χ1) is 20.2. The van der Waals surface area contributed by atoms with E-state index in [1.54, 1.807) is 13.3 Å². The minimum Gasteiger partial charge on any atom is -0.456 e. The lowest BCUT2D eigenvalue weighted by Gasteiger charge is -2.33. The second-order valence-electron chi connectivity index (χ2n) is 12.3. The van der Waals surface area contributed by atoms with Gasteiger partial charge in [0, 0.05) is 46.2 Å². The maximum atomic E-state index is 6.86. The molecule has 0 unspecified atom stereocenters. The van der Waals surface area contributed by atoms with Crippen LogP contribution < -0.4 is 4.74 Å². The summed E-state index contributed by atoms with van der Waals surface area (Å²) in [4.78, 5) is 14.2. The van der Waals surface area contributed by atoms with Crippen molar-refractivity contribution in [3.05, 3.63) is 59.8 Å². The van der Waals surface area contributed by atoms with Crippen molar-refractivity contribution in [2.75, 3.05) is 13.7 Å². The van der Waals surface area contributed by atoms with Crippen LogP contribution in [-0.4, -0.2) is 57.2 Å². The number of methoxy groups -OCH3 is 1. The van der Waals surface area contributed by atoms with E-state index in [1.807, 2.05) is 54.3 Å². The van der Waals surface area contributed by atoms with Gasteiger partial charge in [0.1, 0.15) is 34.6 Å². The molecule has 9 nitrogen and oxygen atoms in total. The van der Waals surface area contributed by atoms with Gasteiger partial charge in [-0.1, -0.05) is 31.2 Å². The van der Waals surface area contributed by atoms with E-state index in [2.05, 4.69) is 34.3 Å². The average Bonchev–Trinajstić information content (AvgIpc) is 3.53. The van der Waals surface area contributed by atoms with E-state index in [0.717, 1.165) is 54.5 Å². The van der Waals surface area contributed by atoms with Crippen molar-refractivity contribution in [2.45, 2.75) is 64.8 Å². The molecule has 1 aliphatic rings. The highest BCUT2D eigenvalue weighted by molar-refractivity contribution is 6.76. The molecule has 11 heteroatoms. The van der Waals surface area contributed by atoms with Gasteiger partial charge in [-0.05, 0) is 56.0 Å². The van der Waals surface area contributed by atoms with Gasteiger partial charge in [-0.15, -0.1) is 0 Å². The van der Waals surface area contributed by atoms with Crippen LogP contribution in [0.1, 0.15) is 18.7 Å². The third kappa shape index (κ3) is 6.22. The van der Waals surface area contributed by atoms with Gasteiger partial charge >= 0.3 is 0 Å². The SMILES string of the molecule is COC1CC(Cn2cc(-c3cnc4ccc(Oc5ccc6nc(C)n(COCC[Si](C)(C)C)c6c5)c(Cl)c4n3)cn2)C1. The molecule has 3 aromatic heterocycles. The molecule has 1 fully saturated rings. The molecule has 0 amide bonds. The van der Waals surface area contributed by atoms with E-state index in [4.69, 9.17) is 35.8 Å². The number of imidazole rings is 1. The summed E-state index contributed by atoms with van der Waals surface area (Å²) in [5.74, 6) is 2.65. The van der Waals surface area contributed by atoms with Crippen molar-refractivity contribution in [1.29, 1.82) is 0 Å². The Morgan fingerprint density at radius 1 is 1.05 bits per heavy atom. The Balaban J connectivity index is 1.20. The molecule has 0 saturated heterocycles. The normalized spacial score (nSPS) is 17.2. The van der Waals surface area contributed by atoms with E-state index < -0.39 is 8.07 Å². The molecule has 1 aliphatic carbocycles. The van der Waals surface area contributed by atoms with Gasteiger partial charge < -0.3 is 18.8 Å². The fourth-order valence-electron chi connectivity index (χ4n) is 5.23. The molecule has 0 atom stereocenters. The van der Waals surface area contributed by atoms with E-state index in [1.165, 1.54) is 0 Å². The molecule has 0 spiro atoms. The standard InChI is InChI=1S/C31H37ClN6O3Si/c1-20-35-25-7-6-23(14-28(25)38(20)19-40-10-11-42(3,4)5)41-29-9-8-26-31(30(29)32)36-27(16-33-26)22-15-34-37(18-22)17-21-12-24(13-21)39-2/h6-9,14-16,18,21,24H,10-13,17,19H2,1-5H3. The van der Waals surface area contributed by atoms with Gasteiger partial charge in [0.15, 0.2) is 0 Å². The van der Waals surface area contributed by atoms with Crippen molar-refractivity contribution < 1.29 is 14.2 Å². The van der Waals surface area contributed by atoms with Crippen LogP contribution in [0.25, 0.3) is 33.3 Å². The van der Waals surface area contributed by atoms with Crippen LogP contribution in [0.4, 0.5) is 0 Å². The molecule has 3 heterocycles. The van der Waals surface area contributed by atoms with Crippen molar-refractivity contribution in [3.63, 3.8) is 0 Å². The van der Waals surface area contributed by atoms with Crippen LogP contribution in [0.3, 0.4) is 0 Å². The second kappa shape index (κ2) is 11.8. The summed E-state index contributed by atoms with van der Waals surface area (Å²) in [6.45, 7) is 11.1. The first kappa shape index (κ1) is 28.8. The Hall–Kier alpha value is -3.31. The summed E-state index contributed by atoms with van der Waals surface area (Å²) in [6.07, 6.45) is 8.11. The maximum Gasteiger partial charge on any atom is 0.148 e. The Bertz CT molecular complexity index is 1720. The van der Waals surface area contributed by atoms with Crippen molar-refractivity contribution in [2.24, 2.45) is 5.92 Å². The Labute approximate surface area is 251 Å². The number of ether oxygens (including phenoxy) is 3. The molecule has 5 aromatic rings. The molecule has 6 rings (SSSR count). The van der Waals surface area contributed by atoms with Crippen molar-refractivity contribution >= 4 is 41.7 Å². The average molecular weight is 605 g/mol. The summed E-state index contributed by atoms with van der Waals surface area (Å²) in [6, 6.07) is 10.7. The Morgan fingerprint density at radius 3 is 2.64 bits per heavy atom. The quantitative estimate of drug-likeness (QED) is 0.115. The van der Waals surface area contributed by atoms with Crippen LogP contribution in [0.15, 0.2) is 48.9 Å². The molecule has 0 N–H and O–H groups in total. The maximum absolute atomic E-state index is 6.86. The molecule has 220 valence electrons. The smallest absolute Gasteiger partial charge is 0.148 e. The van der Waals surface area contributed by atoms with E-state index in [0.29, 0.717) is 52.0 Å². The minimum atomic E-state index is -1.15. The molecule has 2 aromatic carbocycles. The summed E-state index contributed by atoms with van der Waals surface area (Å²) in [7, 11) is 0.618. The number of nitrogens with zero attached hydrogens (tertiary/aromatic N) is 6. The third-order valence-electron chi connectivity index (χ3n) is 7.87. The number of fused-ring (bicyclic) bond motifs is 2. The monoisotopic (exact) mass is 604 g/mol. The molecule has 0 radical (unpaired) electrons. The molecule has 0 aliphatic heterocycles. The lowest BCUT2D eigenvalue weighted by molar-refractivity contribution is -0.00546. The summed E-state index contributed by atoms with van der Waals surface area (Å²) >= 11 is 6.86. The second-order valence-corrected chi connectivity index (χ2v) is 18.3. The number of aromatic nitrogens is 6. The van der Waals surface area contributed by atoms with Crippen LogP contribution in [0.5, 0.6) is 11.5 Å². The Kier molecular flexibility index (Phi) is 8.06. The van der Waals surface area contributed by atoms with Crippen LogP contribution in [0, 0.1) is 12.8 Å². The van der Waals surface area contributed by atoms with Gasteiger partial charge in [0.25, 0.3) is 0 Å². The minimum absolute atomic E-state index is 0.377. The lowest BCUT2D eigenvalue weighted by atomic mass is 9.82. The van der Waals surface area contributed by atoms with Crippen LogP contribution >= 0.6 is 11.6 Å². The number of benzene rings is 2. The third-order valence-corrected chi connectivity index (χ3v) is 9.94. The summed E-state index contributed by atoms with van der Waals surface area (Å²) in [5, 5.41) is 4.96. The number of hydrogen-bond donors (Lipinski definition) is 0. The van der Waals surface area contributed by atoms with Crippen LogP contribution in [0.2, 0.25) is 30.7 Å². The fourth-order valence-corrected chi connectivity index (χ4v) is 6.23. The van der Waals surface area contributed by atoms with Crippen molar-refractivity contribution in [3.8, 4) is 22.8 Å². The van der Waals surface area contributed by atoms with Crippen LogP contribution in [-0.2, 0) is 22.7 Å². The zero-order chi connectivity index (χ0) is 29.4. The number of rotatable bonds is 11. The summed E-state index contributed by atoms with van der Waals surface area (Å²) < 4.78 is 21.8. The zero-order valence-electron chi connectivity index (χ0n) is 24.8. The number of aryl methyl sites for hydroxylation is 1. The predicted molar refractivity (Wildman–Crippen MR) is 168 cm³/mol. The highest BCUT2D eigenvalue weighted by Gasteiger charge is 2.29. The largest absolute Gasteiger partial charge is 0.456 e. The van der Waals surface area contributed by atoms with Crippen molar-refractivity contribution in [1.82, 2.24) is 29.3 Å². The van der Waals surface area contributed by atoms with E-state index in [9.17, 15) is 0 Å². The number of hydrogen-bond acceptors (Lipinski definition) is 7. The number of halogens is 1. The molecular formula is C31H37ClN6O3Si. The lowest BCUT2D eigenvalue weighted by Crippen LogP contribution is -2.33. The van der Waals surface area contributed by atoms with Gasteiger partial charge in [-0.3, -0.25) is 9.67 Å². The highest BCUT2D eigenvalue weighted by atomic mass is 35.5. The highest BCUT2D eigenvalue weighted by Crippen LogP contribution is 2.36. The first-order valence-corrected chi connectivity index (χ1v) is 18.5. The predicted octanol–water partition coefficient (Wildman–Crippen LogP) is 7.33. The van der Waals surface area contributed by atoms with E-state index in [-0.39, 0.29) is 0 Å². The summed E-state index contributed by atoms with van der Waals surface area (Å²) in [5.41, 5.74) is 4.74. The Morgan fingerprint density at radius 2 is 1.86 bits per heavy atom. The van der Waals surface area contributed by atoms with Gasteiger partial charge in [-0.25, -0.2) is 9.97 Å². The van der Waals surface area contributed by atoms with Gasteiger partial charge in [0.2, 0.25) is 0 Å². The zero-order valence-corrected chi connectivity index (χ0v) is 26.6. The topological polar surface area (TPSA) is 89.1 Å². The first-order valence-electron chi connectivity index (χ1n) is 14.4. The van der Waals surface area contributed by atoms with Gasteiger partial charge in [0.05, 0.1) is 40.7 Å². The molecular weight excluding hydrogens is 568 g/mol. The van der Waals surface area contributed by atoms with E-state index >= 15 is 0 Å². The van der Waals surface area contributed by atoms with Gasteiger partial charge in [-0.2, -0.15) is 5.10 Å².